The van der Waals surface area contributed by atoms with Crippen LogP contribution in [0.4, 0.5) is 5.13 Å². The molecule has 2 aromatic rings. The van der Waals surface area contributed by atoms with E-state index in [-0.39, 0.29) is 11.2 Å². The minimum atomic E-state index is -0.413. The Hall–Kier alpha value is -2.15. The fourth-order valence-corrected chi connectivity index (χ4v) is 8.74. The molecule has 0 spiro atoms. The number of hydrogen-bond donors (Lipinski definition) is 1. The second-order valence-corrected chi connectivity index (χ2v) is 14.1. The van der Waals surface area contributed by atoms with E-state index in [1.807, 2.05) is 4.90 Å². The summed E-state index contributed by atoms with van der Waals surface area (Å²) in [4.78, 5) is 17.4. The van der Waals surface area contributed by atoms with Crippen molar-refractivity contribution in [3.63, 3.8) is 0 Å². The standard InChI is InChI=1S/C26H31N5OS3/c1-26(2,3)20-13-12-19(34-20)21-16(14-27)23(28)31(17-10-7-11-18(32)22(17)21)24-29-30-25(35-24)33-15-8-5-4-6-9-15/h12-13,15,21H,4-11,28H2,1-3H3. The molecule has 0 amide bonds. The fourth-order valence-electron chi connectivity index (χ4n) is 5.17. The van der Waals surface area contributed by atoms with E-state index < -0.39 is 5.92 Å². The first-order chi connectivity index (χ1) is 16.8. The van der Waals surface area contributed by atoms with Crippen LogP contribution in [0.3, 0.4) is 0 Å². The Labute approximate surface area is 219 Å². The predicted octanol–water partition coefficient (Wildman–Crippen LogP) is 6.63. The Balaban J connectivity index is 1.55. The van der Waals surface area contributed by atoms with Crippen LogP contribution in [-0.4, -0.2) is 21.2 Å². The van der Waals surface area contributed by atoms with Crippen LogP contribution in [0.25, 0.3) is 0 Å². The Bertz CT molecular complexity index is 1240. The molecular weight excluding hydrogens is 495 g/mol. The lowest BCUT2D eigenvalue weighted by Crippen LogP contribution is -2.38. The number of thioether (sulfide) groups is 1. The number of allylic oxidation sites excluding steroid dienone is 3. The van der Waals surface area contributed by atoms with Gasteiger partial charge < -0.3 is 5.73 Å². The van der Waals surface area contributed by atoms with E-state index in [1.54, 1.807) is 23.1 Å². The third-order valence-electron chi connectivity index (χ3n) is 6.97. The molecule has 2 aliphatic carbocycles. The second kappa shape index (κ2) is 9.72. The zero-order chi connectivity index (χ0) is 24.7. The maximum Gasteiger partial charge on any atom is 0.219 e. The molecule has 5 rings (SSSR count). The molecule has 1 fully saturated rings. The van der Waals surface area contributed by atoms with E-state index in [0.717, 1.165) is 27.8 Å². The quantitative estimate of drug-likeness (QED) is 0.479. The molecule has 6 nitrogen and oxygen atoms in total. The molecule has 3 heterocycles. The third-order valence-corrected chi connectivity index (χ3v) is 10.9. The number of nitrogens with two attached hydrogens (primary N) is 1. The summed E-state index contributed by atoms with van der Waals surface area (Å²) < 4.78 is 0.928. The van der Waals surface area contributed by atoms with Gasteiger partial charge in [-0.25, -0.2) is 0 Å². The maximum absolute atomic E-state index is 13.3. The predicted molar refractivity (Wildman–Crippen MR) is 144 cm³/mol. The number of carbonyl (C=O) groups excluding carboxylic acids is 1. The van der Waals surface area contributed by atoms with Gasteiger partial charge in [0.2, 0.25) is 5.13 Å². The number of Topliss-reactive ketones (excluding diaryl/α,β-unsaturated/α-hetero) is 1. The molecule has 0 bridgehead atoms. The molecule has 2 aromatic heterocycles. The van der Waals surface area contributed by atoms with Gasteiger partial charge in [0, 0.05) is 32.7 Å². The highest BCUT2D eigenvalue weighted by Gasteiger charge is 2.42. The molecular formula is C26H31N5OS3. The highest BCUT2D eigenvalue weighted by molar-refractivity contribution is 8.01. The van der Waals surface area contributed by atoms with Gasteiger partial charge in [-0.15, -0.1) is 21.5 Å². The molecule has 2 N–H and O–H groups in total. The molecule has 1 unspecified atom stereocenters. The molecule has 0 radical (unpaired) electrons. The molecule has 35 heavy (non-hydrogen) atoms. The highest BCUT2D eigenvalue weighted by atomic mass is 32.2. The number of anilines is 1. The van der Waals surface area contributed by atoms with Gasteiger partial charge >= 0.3 is 0 Å². The van der Waals surface area contributed by atoms with E-state index in [4.69, 9.17) is 5.73 Å². The number of hydrogen-bond acceptors (Lipinski definition) is 9. The number of aromatic nitrogens is 2. The van der Waals surface area contributed by atoms with Crippen LogP contribution in [0.1, 0.15) is 87.8 Å². The van der Waals surface area contributed by atoms with E-state index in [1.165, 1.54) is 48.3 Å². The van der Waals surface area contributed by atoms with Crippen LogP contribution < -0.4 is 10.6 Å². The van der Waals surface area contributed by atoms with Crippen molar-refractivity contribution in [3.05, 3.63) is 44.6 Å². The van der Waals surface area contributed by atoms with Crippen molar-refractivity contribution in [1.82, 2.24) is 10.2 Å². The van der Waals surface area contributed by atoms with Crippen LogP contribution in [0.5, 0.6) is 0 Å². The van der Waals surface area contributed by atoms with Gasteiger partial charge in [0.1, 0.15) is 5.82 Å². The Kier molecular flexibility index (Phi) is 6.81. The van der Waals surface area contributed by atoms with Gasteiger partial charge in [0.25, 0.3) is 0 Å². The van der Waals surface area contributed by atoms with Crippen LogP contribution in [0.15, 0.2) is 39.1 Å². The normalized spacial score (nSPS) is 21.9. The van der Waals surface area contributed by atoms with Gasteiger partial charge in [0.05, 0.1) is 17.6 Å². The second-order valence-electron chi connectivity index (χ2n) is 10.5. The summed E-state index contributed by atoms with van der Waals surface area (Å²) in [6.07, 6.45) is 8.30. The Morgan fingerprint density at radius 1 is 1.11 bits per heavy atom. The molecule has 9 heteroatoms. The largest absolute Gasteiger partial charge is 0.384 e. The maximum atomic E-state index is 13.3. The monoisotopic (exact) mass is 525 g/mol. The number of nitrogens with zero attached hydrogens (tertiary/aromatic N) is 4. The lowest BCUT2D eigenvalue weighted by atomic mass is 9.78. The van der Waals surface area contributed by atoms with Crippen molar-refractivity contribution < 1.29 is 4.79 Å². The highest BCUT2D eigenvalue weighted by Crippen LogP contribution is 2.49. The average molecular weight is 526 g/mol. The van der Waals surface area contributed by atoms with Crippen molar-refractivity contribution in [1.29, 1.82) is 5.26 Å². The molecule has 0 saturated heterocycles. The number of rotatable bonds is 4. The summed E-state index contributed by atoms with van der Waals surface area (Å²) in [5.41, 5.74) is 8.73. The van der Waals surface area contributed by atoms with Crippen molar-refractivity contribution in [2.45, 2.75) is 93.1 Å². The molecule has 0 aromatic carbocycles. The molecule has 3 aliphatic rings. The van der Waals surface area contributed by atoms with Gasteiger partial charge in [-0.3, -0.25) is 9.69 Å². The Morgan fingerprint density at radius 2 is 1.89 bits per heavy atom. The summed E-state index contributed by atoms with van der Waals surface area (Å²) in [5, 5.41) is 20.4. The fraction of sp³-hybridized carbons (Fsp3) is 0.538. The van der Waals surface area contributed by atoms with Crippen LogP contribution in [-0.2, 0) is 10.2 Å². The SMILES string of the molecule is CC(C)(C)c1ccc(C2C(C#N)=C(N)N(c3nnc(SC4CCCCC4)s3)C3=C2C(=O)CCC3)s1. The van der Waals surface area contributed by atoms with E-state index in [9.17, 15) is 10.1 Å². The summed E-state index contributed by atoms with van der Waals surface area (Å²) >= 11 is 4.99. The first-order valence-corrected chi connectivity index (χ1v) is 14.9. The van der Waals surface area contributed by atoms with Crippen LogP contribution >= 0.6 is 34.4 Å². The van der Waals surface area contributed by atoms with Gasteiger partial charge in [-0.1, -0.05) is 63.1 Å². The zero-order valence-electron chi connectivity index (χ0n) is 20.5. The number of ketones is 1. The van der Waals surface area contributed by atoms with Crippen molar-refractivity contribution in [2.75, 3.05) is 4.90 Å². The van der Waals surface area contributed by atoms with Crippen molar-refractivity contribution in [3.8, 4) is 6.07 Å². The number of thiophene rings is 1. The van der Waals surface area contributed by atoms with E-state index in [2.05, 4.69) is 49.2 Å². The van der Waals surface area contributed by atoms with E-state index >= 15 is 0 Å². The Morgan fingerprint density at radius 3 is 2.57 bits per heavy atom. The van der Waals surface area contributed by atoms with Crippen molar-refractivity contribution >= 4 is 45.4 Å². The van der Waals surface area contributed by atoms with Gasteiger partial charge in [-0.2, -0.15) is 5.26 Å². The average Bonchev–Trinajstić information content (AvgIpc) is 3.49. The van der Waals surface area contributed by atoms with Crippen LogP contribution in [0, 0.1) is 11.3 Å². The summed E-state index contributed by atoms with van der Waals surface area (Å²) in [6.45, 7) is 6.53. The molecule has 184 valence electrons. The summed E-state index contributed by atoms with van der Waals surface area (Å²) in [6, 6.07) is 6.54. The van der Waals surface area contributed by atoms with Crippen LogP contribution in [0.2, 0.25) is 0 Å². The topological polar surface area (TPSA) is 95.9 Å². The smallest absolute Gasteiger partial charge is 0.219 e. The minimum absolute atomic E-state index is 0.00156. The lowest BCUT2D eigenvalue weighted by molar-refractivity contribution is -0.116. The first kappa shape index (κ1) is 24.5. The molecule has 1 saturated carbocycles. The third kappa shape index (κ3) is 4.68. The summed E-state index contributed by atoms with van der Waals surface area (Å²) in [7, 11) is 0. The van der Waals surface area contributed by atoms with E-state index in [0.29, 0.717) is 33.8 Å². The molecule has 1 aliphatic heterocycles. The zero-order valence-corrected chi connectivity index (χ0v) is 22.9. The summed E-state index contributed by atoms with van der Waals surface area (Å²) in [5.74, 6) is 0.0692. The minimum Gasteiger partial charge on any atom is -0.384 e. The molecule has 1 atom stereocenters. The van der Waals surface area contributed by atoms with Gasteiger partial charge in [-0.05, 0) is 43.2 Å². The number of carbonyl (C=O) groups is 1. The lowest BCUT2D eigenvalue weighted by Gasteiger charge is -2.37. The van der Waals surface area contributed by atoms with Gasteiger partial charge in [0.15, 0.2) is 10.1 Å². The number of nitriles is 1. The van der Waals surface area contributed by atoms with Crippen molar-refractivity contribution in [2.24, 2.45) is 5.73 Å². The first-order valence-electron chi connectivity index (χ1n) is 12.3.